The fourth-order valence-corrected chi connectivity index (χ4v) is 3.37. The minimum absolute atomic E-state index is 0.0777. The van der Waals surface area contributed by atoms with Gasteiger partial charge in [0.2, 0.25) is 16.9 Å². The standard InChI is InChI=1S/C26H28ClNO4/c1-17(26(2,3)4)21-16-32-24(25(30)28-14-19-11-8-12-20(27)13-19)23(22(21)29)31-15-18-9-6-5-7-10-18/h5-13,16-17H,14-15H2,1-4H3,(H,28,30). The molecule has 0 spiro atoms. The van der Waals surface area contributed by atoms with E-state index in [-0.39, 0.29) is 41.4 Å². The number of benzene rings is 2. The van der Waals surface area contributed by atoms with Crippen LogP contribution < -0.4 is 15.5 Å². The number of nitrogens with one attached hydrogen (secondary N) is 1. The Morgan fingerprint density at radius 3 is 2.44 bits per heavy atom. The third-order valence-electron chi connectivity index (χ3n) is 5.52. The number of hydrogen-bond acceptors (Lipinski definition) is 4. The molecule has 2 aromatic carbocycles. The molecule has 0 fully saturated rings. The van der Waals surface area contributed by atoms with Gasteiger partial charge < -0.3 is 14.5 Å². The van der Waals surface area contributed by atoms with E-state index in [4.69, 9.17) is 20.8 Å². The summed E-state index contributed by atoms with van der Waals surface area (Å²) in [6, 6.07) is 16.6. The largest absolute Gasteiger partial charge is 0.481 e. The Morgan fingerprint density at radius 2 is 1.78 bits per heavy atom. The highest BCUT2D eigenvalue weighted by atomic mass is 35.5. The maximum absolute atomic E-state index is 13.3. The Balaban J connectivity index is 1.91. The zero-order valence-corrected chi connectivity index (χ0v) is 19.5. The summed E-state index contributed by atoms with van der Waals surface area (Å²) in [5, 5.41) is 3.36. The summed E-state index contributed by atoms with van der Waals surface area (Å²) < 4.78 is 11.5. The molecule has 1 heterocycles. The molecule has 1 unspecified atom stereocenters. The number of rotatable bonds is 7. The van der Waals surface area contributed by atoms with E-state index >= 15 is 0 Å². The van der Waals surface area contributed by atoms with Crippen LogP contribution in [0.15, 0.2) is 70.1 Å². The monoisotopic (exact) mass is 453 g/mol. The van der Waals surface area contributed by atoms with Crippen LogP contribution in [0.1, 0.15) is 60.9 Å². The second-order valence-corrected chi connectivity index (χ2v) is 9.29. The molecule has 1 aromatic heterocycles. The lowest BCUT2D eigenvalue weighted by molar-refractivity contribution is 0.0911. The summed E-state index contributed by atoms with van der Waals surface area (Å²) in [6.07, 6.45) is 1.38. The second kappa shape index (κ2) is 10.0. The number of halogens is 1. The predicted octanol–water partition coefficient (Wildman–Crippen LogP) is 5.95. The van der Waals surface area contributed by atoms with Crippen molar-refractivity contribution in [3.05, 3.63) is 98.6 Å². The van der Waals surface area contributed by atoms with Crippen molar-refractivity contribution in [1.82, 2.24) is 5.32 Å². The summed E-state index contributed by atoms with van der Waals surface area (Å²) >= 11 is 6.01. The van der Waals surface area contributed by atoms with Crippen LogP contribution in [-0.4, -0.2) is 5.91 Å². The highest BCUT2D eigenvalue weighted by molar-refractivity contribution is 6.30. The first-order valence-corrected chi connectivity index (χ1v) is 10.9. The molecule has 0 radical (unpaired) electrons. The summed E-state index contributed by atoms with van der Waals surface area (Å²) in [6.45, 7) is 8.49. The molecule has 3 rings (SSSR count). The van der Waals surface area contributed by atoms with E-state index in [0.717, 1.165) is 11.1 Å². The molecule has 1 amide bonds. The van der Waals surface area contributed by atoms with Gasteiger partial charge in [-0.15, -0.1) is 0 Å². The van der Waals surface area contributed by atoms with Crippen LogP contribution in [0.5, 0.6) is 5.75 Å². The zero-order chi connectivity index (χ0) is 23.3. The molecule has 1 N–H and O–H groups in total. The molecule has 0 bridgehead atoms. The quantitative estimate of drug-likeness (QED) is 0.479. The van der Waals surface area contributed by atoms with E-state index in [0.29, 0.717) is 10.6 Å². The predicted molar refractivity (Wildman–Crippen MR) is 126 cm³/mol. The fourth-order valence-electron chi connectivity index (χ4n) is 3.16. The molecule has 3 aromatic rings. The minimum atomic E-state index is -0.528. The summed E-state index contributed by atoms with van der Waals surface area (Å²) in [5.74, 6) is -0.842. The van der Waals surface area contributed by atoms with Gasteiger partial charge in [-0.3, -0.25) is 9.59 Å². The van der Waals surface area contributed by atoms with Crippen LogP contribution in [0.3, 0.4) is 0 Å². The average molecular weight is 454 g/mol. The van der Waals surface area contributed by atoms with Gasteiger partial charge in [0.15, 0.2) is 0 Å². The van der Waals surface area contributed by atoms with Gasteiger partial charge in [0.1, 0.15) is 6.61 Å². The molecule has 1 atom stereocenters. The van der Waals surface area contributed by atoms with Gasteiger partial charge in [-0.1, -0.05) is 81.8 Å². The molecule has 32 heavy (non-hydrogen) atoms. The van der Waals surface area contributed by atoms with Crippen molar-refractivity contribution in [3.63, 3.8) is 0 Å². The SMILES string of the molecule is CC(c1coc(C(=O)NCc2cccc(Cl)c2)c(OCc2ccccc2)c1=O)C(C)(C)C. The molecular weight excluding hydrogens is 426 g/mol. The summed E-state index contributed by atoms with van der Waals surface area (Å²) in [5.41, 5.74) is 1.70. The number of hydrogen-bond donors (Lipinski definition) is 1. The Labute approximate surface area is 193 Å². The molecule has 0 aliphatic carbocycles. The number of amides is 1. The lowest BCUT2D eigenvalue weighted by atomic mass is 9.78. The lowest BCUT2D eigenvalue weighted by Gasteiger charge is -2.27. The van der Waals surface area contributed by atoms with Crippen molar-refractivity contribution in [2.45, 2.75) is 46.8 Å². The average Bonchev–Trinajstić information content (AvgIpc) is 2.76. The Hall–Kier alpha value is -3.05. The van der Waals surface area contributed by atoms with Crippen molar-refractivity contribution in [2.75, 3.05) is 0 Å². The maximum atomic E-state index is 13.3. The van der Waals surface area contributed by atoms with Crippen LogP contribution in [0.2, 0.25) is 5.02 Å². The van der Waals surface area contributed by atoms with Gasteiger partial charge in [-0.2, -0.15) is 0 Å². The first kappa shape index (κ1) is 23.6. The Bertz CT molecular complexity index is 1130. The van der Waals surface area contributed by atoms with Crippen molar-refractivity contribution >= 4 is 17.5 Å². The smallest absolute Gasteiger partial charge is 0.291 e. The molecule has 0 saturated heterocycles. The molecule has 6 heteroatoms. The molecule has 0 aliphatic heterocycles. The number of carbonyl (C=O) groups is 1. The van der Waals surface area contributed by atoms with E-state index in [9.17, 15) is 9.59 Å². The van der Waals surface area contributed by atoms with E-state index in [1.165, 1.54) is 6.26 Å². The third kappa shape index (κ3) is 5.80. The van der Waals surface area contributed by atoms with Gasteiger partial charge in [0.25, 0.3) is 5.91 Å². The first-order valence-electron chi connectivity index (χ1n) is 10.5. The molecule has 0 aliphatic rings. The van der Waals surface area contributed by atoms with Crippen LogP contribution in [0, 0.1) is 5.41 Å². The van der Waals surface area contributed by atoms with E-state index in [1.54, 1.807) is 18.2 Å². The lowest BCUT2D eigenvalue weighted by Crippen LogP contribution is -2.28. The van der Waals surface area contributed by atoms with Gasteiger partial charge in [-0.25, -0.2) is 0 Å². The topological polar surface area (TPSA) is 68.5 Å². The van der Waals surface area contributed by atoms with Crippen molar-refractivity contribution in [2.24, 2.45) is 5.41 Å². The zero-order valence-electron chi connectivity index (χ0n) is 18.8. The second-order valence-electron chi connectivity index (χ2n) is 8.85. The van der Waals surface area contributed by atoms with Crippen LogP contribution in [-0.2, 0) is 13.2 Å². The Morgan fingerprint density at radius 1 is 1.09 bits per heavy atom. The highest BCUT2D eigenvalue weighted by Crippen LogP contribution is 2.34. The fraction of sp³-hybridized carbons (Fsp3) is 0.308. The minimum Gasteiger partial charge on any atom is -0.481 e. The molecular formula is C26H28ClNO4. The van der Waals surface area contributed by atoms with Gasteiger partial charge >= 0.3 is 0 Å². The first-order chi connectivity index (χ1) is 15.2. The van der Waals surface area contributed by atoms with Crippen LogP contribution in [0.4, 0.5) is 0 Å². The van der Waals surface area contributed by atoms with E-state index < -0.39 is 5.91 Å². The maximum Gasteiger partial charge on any atom is 0.291 e. The Kier molecular flexibility index (Phi) is 7.41. The van der Waals surface area contributed by atoms with Crippen LogP contribution >= 0.6 is 11.6 Å². The van der Waals surface area contributed by atoms with E-state index in [1.807, 2.05) is 64.1 Å². The summed E-state index contributed by atoms with van der Waals surface area (Å²) in [4.78, 5) is 26.2. The highest BCUT2D eigenvalue weighted by Gasteiger charge is 2.29. The molecule has 168 valence electrons. The molecule has 0 saturated carbocycles. The third-order valence-corrected chi connectivity index (χ3v) is 5.75. The normalized spacial score (nSPS) is 12.3. The van der Waals surface area contributed by atoms with Gasteiger partial charge in [-0.05, 0) is 34.6 Å². The van der Waals surface area contributed by atoms with Gasteiger partial charge in [0.05, 0.1) is 6.26 Å². The number of carbonyl (C=O) groups excluding carboxylic acids is 1. The number of ether oxygens (including phenoxy) is 1. The van der Waals surface area contributed by atoms with Gasteiger partial charge in [0, 0.05) is 17.1 Å². The summed E-state index contributed by atoms with van der Waals surface area (Å²) in [7, 11) is 0. The van der Waals surface area contributed by atoms with Crippen LogP contribution in [0.25, 0.3) is 0 Å². The van der Waals surface area contributed by atoms with E-state index in [2.05, 4.69) is 5.32 Å². The van der Waals surface area contributed by atoms with Crippen molar-refractivity contribution < 1.29 is 13.9 Å². The van der Waals surface area contributed by atoms with Crippen molar-refractivity contribution in [3.8, 4) is 5.75 Å². The van der Waals surface area contributed by atoms with Crippen molar-refractivity contribution in [1.29, 1.82) is 0 Å². The molecule has 5 nitrogen and oxygen atoms in total.